The SMILES string of the molecule is CC1(C)CN(C(=O)Cc2ccccc2)c2ccccc2O1. The summed E-state index contributed by atoms with van der Waals surface area (Å²) in [5.74, 6) is 0.875. The van der Waals surface area contributed by atoms with Crippen LogP contribution in [-0.4, -0.2) is 18.1 Å². The number of benzene rings is 2. The van der Waals surface area contributed by atoms with Gasteiger partial charge >= 0.3 is 0 Å². The number of carbonyl (C=O) groups is 1. The van der Waals surface area contributed by atoms with Crippen LogP contribution in [0.25, 0.3) is 0 Å². The number of fused-ring (bicyclic) bond motifs is 1. The van der Waals surface area contributed by atoms with Crippen LogP contribution in [0.3, 0.4) is 0 Å². The fraction of sp³-hybridized carbons (Fsp3) is 0.278. The van der Waals surface area contributed by atoms with Gasteiger partial charge in [0.05, 0.1) is 18.7 Å². The van der Waals surface area contributed by atoms with E-state index in [1.165, 1.54) is 0 Å². The molecule has 0 unspecified atom stereocenters. The van der Waals surface area contributed by atoms with E-state index in [-0.39, 0.29) is 11.5 Å². The average Bonchev–Trinajstić information content (AvgIpc) is 2.46. The first kappa shape index (κ1) is 13.7. The molecule has 0 radical (unpaired) electrons. The highest BCUT2D eigenvalue weighted by atomic mass is 16.5. The molecule has 1 aliphatic rings. The van der Waals surface area contributed by atoms with Crippen molar-refractivity contribution in [2.24, 2.45) is 0 Å². The summed E-state index contributed by atoms with van der Waals surface area (Å²) in [7, 11) is 0. The Morgan fingerprint density at radius 3 is 2.52 bits per heavy atom. The molecule has 3 heteroatoms. The standard InChI is InChI=1S/C18H19NO2/c1-18(2)13-19(15-10-6-7-11-16(15)21-18)17(20)12-14-8-4-3-5-9-14/h3-11H,12-13H2,1-2H3. The van der Waals surface area contributed by atoms with Crippen LogP contribution in [0.15, 0.2) is 54.6 Å². The molecule has 3 nitrogen and oxygen atoms in total. The summed E-state index contributed by atoms with van der Waals surface area (Å²) in [6, 6.07) is 17.6. The molecule has 1 heterocycles. The number of amides is 1. The fourth-order valence-electron chi connectivity index (χ4n) is 2.65. The van der Waals surface area contributed by atoms with Gasteiger partial charge in [-0.2, -0.15) is 0 Å². The molecule has 0 fully saturated rings. The Hall–Kier alpha value is -2.29. The van der Waals surface area contributed by atoms with Crippen LogP contribution >= 0.6 is 0 Å². The van der Waals surface area contributed by atoms with Gasteiger partial charge in [0.2, 0.25) is 5.91 Å². The predicted molar refractivity (Wildman–Crippen MR) is 83.6 cm³/mol. The van der Waals surface area contributed by atoms with E-state index in [9.17, 15) is 4.79 Å². The van der Waals surface area contributed by atoms with Gasteiger partial charge in [0.25, 0.3) is 0 Å². The van der Waals surface area contributed by atoms with Crippen molar-refractivity contribution in [1.29, 1.82) is 0 Å². The molecule has 0 spiro atoms. The van der Waals surface area contributed by atoms with E-state index in [4.69, 9.17) is 4.74 Å². The smallest absolute Gasteiger partial charge is 0.231 e. The Balaban J connectivity index is 1.89. The number of nitrogens with zero attached hydrogens (tertiary/aromatic N) is 1. The molecule has 0 saturated heterocycles. The fourth-order valence-corrected chi connectivity index (χ4v) is 2.65. The molecule has 2 aromatic carbocycles. The molecule has 1 amide bonds. The molecule has 0 aliphatic carbocycles. The van der Waals surface area contributed by atoms with Crippen LogP contribution in [-0.2, 0) is 11.2 Å². The van der Waals surface area contributed by atoms with Crippen molar-refractivity contribution in [3.63, 3.8) is 0 Å². The maximum Gasteiger partial charge on any atom is 0.231 e. The summed E-state index contributed by atoms with van der Waals surface area (Å²) < 4.78 is 5.96. The molecule has 0 bridgehead atoms. The Labute approximate surface area is 125 Å². The lowest BCUT2D eigenvalue weighted by molar-refractivity contribution is -0.118. The zero-order valence-corrected chi connectivity index (χ0v) is 12.4. The Kier molecular flexibility index (Phi) is 3.42. The maximum absolute atomic E-state index is 12.7. The normalized spacial score (nSPS) is 16.0. The molecule has 0 saturated carbocycles. The number of anilines is 1. The van der Waals surface area contributed by atoms with Crippen molar-refractivity contribution in [2.45, 2.75) is 25.9 Å². The van der Waals surface area contributed by atoms with Crippen molar-refractivity contribution in [3.05, 3.63) is 60.2 Å². The van der Waals surface area contributed by atoms with Gasteiger partial charge < -0.3 is 9.64 Å². The van der Waals surface area contributed by atoms with E-state index in [0.717, 1.165) is 17.0 Å². The topological polar surface area (TPSA) is 29.5 Å². The van der Waals surface area contributed by atoms with E-state index in [2.05, 4.69) is 0 Å². The van der Waals surface area contributed by atoms with Crippen molar-refractivity contribution in [2.75, 3.05) is 11.4 Å². The third-order valence-electron chi connectivity index (χ3n) is 3.58. The van der Waals surface area contributed by atoms with Crippen LogP contribution in [0.4, 0.5) is 5.69 Å². The first-order valence-corrected chi connectivity index (χ1v) is 7.17. The predicted octanol–water partition coefficient (Wildman–Crippen LogP) is 3.43. The van der Waals surface area contributed by atoms with E-state index in [1.54, 1.807) is 0 Å². The maximum atomic E-state index is 12.7. The van der Waals surface area contributed by atoms with Gasteiger partial charge in [0.1, 0.15) is 11.4 Å². The zero-order valence-electron chi connectivity index (χ0n) is 12.4. The van der Waals surface area contributed by atoms with Crippen LogP contribution in [0.2, 0.25) is 0 Å². The first-order chi connectivity index (χ1) is 10.1. The number of hydrogen-bond donors (Lipinski definition) is 0. The Morgan fingerprint density at radius 2 is 1.76 bits per heavy atom. The van der Waals surface area contributed by atoms with E-state index >= 15 is 0 Å². The Bertz CT molecular complexity index is 649. The number of hydrogen-bond acceptors (Lipinski definition) is 2. The van der Waals surface area contributed by atoms with Gasteiger partial charge in [-0.05, 0) is 31.5 Å². The second-order valence-electron chi connectivity index (χ2n) is 5.97. The molecule has 0 N–H and O–H groups in total. The van der Waals surface area contributed by atoms with E-state index in [0.29, 0.717) is 13.0 Å². The third kappa shape index (κ3) is 2.92. The van der Waals surface area contributed by atoms with Crippen molar-refractivity contribution >= 4 is 11.6 Å². The molecule has 21 heavy (non-hydrogen) atoms. The largest absolute Gasteiger partial charge is 0.484 e. The average molecular weight is 281 g/mol. The summed E-state index contributed by atoms with van der Waals surface area (Å²) in [4.78, 5) is 14.5. The molecule has 3 rings (SSSR count). The van der Waals surface area contributed by atoms with E-state index in [1.807, 2.05) is 73.3 Å². The summed E-state index contributed by atoms with van der Waals surface area (Å²) in [5, 5.41) is 0. The molecular weight excluding hydrogens is 262 g/mol. The molecule has 1 aliphatic heterocycles. The van der Waals surface area contributed by atoms with Gasteiger partial charge in [0.15, 0.2) is 0 Å². The molecule has 2 aromatic rings. The highest BCUT2D eigenvalue weighted by molar-refractivity contribution is 5.96. The lowest BCUT2D eigenvalue weighted by Crippen LogP contribution is -2.49. The van der Waals surface area contributed by atoms with Crippen LogP contribution < -0.4 is 9.64 Å². The van der Waals surface area contributed by atoms with Gasteiger partial charge in [-0.15, -0.1) is 0 Å². The zero-order chi connectivity index (χ0) is 14.9. The highest BCUT2D eigenvalue weighted by Gasteiger charge is 2.34. The highest BCUT2D eigenvalue weighted by Crippen LogP contribution is 2.36. The van der Waals surface area contributed by atoms with E-state index < -0.39 is 0 Å². The lowest BCUT2D eigenvalue weighted by Gasteiger charge is -2.39. The monoisotopic (exact) mass is 281 g/mol. The van der Waals surface area contributed by atoms with Crippen molar-refractivity contribution in [1.82, 2.24) is 0 Å². The summed E-state index contributed by atoms with van der Waals surface area (Å²) in [6.07, 6.45) is 0.408. The van der Waals surface area contributed by atoms with Gasteiger partial charge in [0, 0.05) is 0 Å². The van der Waals surface area contributed by atoms with Crippen LogP contribution in [0.5, 0.6) is 5.75 Å². The number of carbonyl (C=O) groups excluding carboxylic acids is 1. The minimum atomic E-state index is -0.374. The van der Waals surface area contributed by atoms with Crippen LogP contribution in [0.1, 0.15) is 19.4 Å². The van der Waals surface area contributed by atoms with Gasteiger partial charge in [-0.1, -0.05) is 42.5 Å². The minimum Gasteiger partial charge on any atom is -0.484 e. The summed E-state index contributed by atoms with van der Waals surface area (Å²) >= 11 is 0. The van der Waals surface area contributed by atoms with Crippen molar-refractivity contribution in [3.8, 4) is 5.75 Å². The number of para-hydroxylation sites is 2. The van der Waals surface area contributed by atoms with Gasteiger partial charge in [-0.3, -0.25) is 4.79 Å². The first-order valence-electron chi connectivity index (χ1n) is 7.17. The number of rotatable bonds is 2. The second kappa shape index (κ2) is 5.24. The molecular formula is C18H19NO2. The second-order valence-corrected chi connectivity index (χ2v) is 5.97. The third-order valence-corrected chi connectivity index (χ3v) is 3.58. The number of ether oxygens (including phenoxy) is 1. The minimum absolute atomic E-state index is 0.102. The van der Waals surface area contributed by atoms with Gasteiger partial charge in [-0.25, -0.2) is 0 Å². The molecule has 0 aromatic heterocycles. The molecule has 108 valence electrons. The molecule has 0 atom stereocenters. The Morgan fingerprint density at radius 1 is 1.10 bits per heavy atom. The summed E-state index contributed by atoms with van der Waals surface area (Å²) in [6.45, 7) is 4.58. The van der Waals surface area contributed by atoms with Crippen molar-refractivity contribution < 1.29 is 9.53 Å². The summed E-state index contributed by atoms with van der Waals surface area (Å²) in [5.41, 5.74) is 1.52. The van der Waals surface area contributed by atoms with Crippen LogP contribution in [0, 0.1) is 0 Å². The quantitative estimate of drug-likeness (QED) is 0.844. The lowest BCUT2D eigenvalue weighted by atomic mass is 10.0.